The van der Waals surface area contributed by atoms with Crippen molar-refractivity contribution >= 4 is 32.1 Å². The summed E-state index contributed by atoms with van der Waals surface area (Å²) in [7, 11) is -2.87. The molecule has 1 aliphatic heterocycles. The molecule has 0 spiro atoms. The van der Waals surface area contributed by atoms with E-state index in [1.165, 1.54) is 0 Å². The second-order valence-electron chi connectivity index (χ2n) is 6.60. The first-order chi connectivity index (χ1) is 12.0. The molecule has 0 unspecified atom stereocenters. The van der Waals surface area contributed by atoms with Gasteiger partial charge < -0.3 is 5.32 Å². The summed E-state index contributed by atoms with van der Waals surface area (Å²) in [6, 6.07) is 12.5. The van der Waals surface area contributed by atoms with Gasteiger partial charge in [0.1, 0.15) is 0 Å². The van der Waals surface area contributed by atoms with Crippen LogP contribution in [0.3, 0.4) is 0 Å². The quantitative estimate of drug-likeness (QED) is 0.761. The number of nitrogens with zero attached hydrogens (tertiary/aromatic N) is 1. The molecule has 130 valence electrons. The van der Waals surface area contributed by atoms with E-state index in [-0.39, 0.29) is 17.5 Å². The zero-order chi connectivity index (χ0) is 17.4. The van der Waals surface area contributed by atoms with Gasteiger partial charge >= 0.3 is 0 Å². The minimum absolute atomic E-state index is 0.0365. The molecule has 1 N–H and O–H groups in total. The predicted octanol–water partition coefficient (Wildman–Crippen LogP) is 3.55. The van der Waals surface area contributed by atoms with Crippen LogP contribution in [0.25, 0.3) is 21.5 Å². The van der Waals surface area contributed by atoms with E-state index in [0.717, 1.165) is 32.6 Å². The normalized spacial score (nSPS) is 19.5. The van der Waals surface area contributed by atoms with Crippen LogP contribution in [0.15, 0.2) is 41.8 Å². The first kappa shape index (κ1) is 16.7. The van der Waals surface area contributed by atoms with Crippen molar-refractivity contribution in [1.82, 2.24) is 10.3 Å². The highest BCUT2D eigenvalue weighted by Crippen LogP contribution is 2.30. The molecule has 1 saturated heterocycles. The Morgan fingerprint density at radius 1 is 1.28 bits per heavy atom. The lowest BCUT2D eigenvalue weighted by Crippen LogP contribution is -2.29. The average molecular weight is 373 g/mol. The first-order valence-electron chi connectivity index (χ1n) is 8.39. The van der Waals surface area contributed by atoms with Crippen molar-refractivity contribution < 1.29 is 8.42 Å². The van der Waals surface area contributed by atoms with Crippen LogP contribution < -0.4 is 5.32 Å². The number of aryl methyl sites for hydroxylation is 1. The second-order valence-corrected chi connectivity index (χ2v) is 9.78. The number of fused-ring (bicyclic) bond motifs is 1. The van der Waals surface area contributed by atoms with Crippen LogP contribution in [0.4, 0.5) is 0 Å². The van der Waals surface area contributed by atoms with E-state index in [4.69, 9.17) is 4.98 Å². The largest absolute Gasteiger partial charge is 0.309 e. The minimum Gasteiger partial charge on any atom is -0.309 e. The Balaban J connectivity index is 1.70. The molecule has 6 heteroatoms. The third-order valence-electron chi connectivity index (χ3n) is 4.69. The van der Waals surface area contributed by atoms with Crippen LogP contribution in [0, 0.1) is 6.92 Å². The Morgan fingerprint density at radius 3 is 2.88 bits per heavy atom. The Kier molecular flexibility index (Phi) is 4.35. The molecule has 1 fully saturated rings. The highest BCUT2D eigenvalue weighted by atomic mass is 32.2. The molecule has 0 radical (unpaired) electrons. The molecule has 0 bridgehead atoms. The van der Waals surface area contributed by atoms with E-state index in [1.54, 1.807) is 11.3 Å². The van der Waals surface area contributed by atoms with Gasteiger partial charge in [-0.3, -0.25) is 0 Å². The second kappa shape index (κ2) is 6.52. The van der Waals surface area contributed by atoms with Gasteiger partial charge in [-0.25, -0.2) is 13.4 Å². The Bertz CT molecular complexity index is 1010. The molecule has 0 saturated carbocycles. The fourth-order valence-electron chi connectivity index (χ4n) is 3.36. The SMILES string of the molecule is Cc1cccc2cc(CN[C@@H]3CCS(=O)(=O)C3)c(-c3cccs3)nc12. The first-order valence-corrected chi connectivity index (χ1v) is 11.1. The monoisotopic (exact) mass is 372 g/mol. The van der Waals surface area contributed by atoms with E-state index in [2.05, 4.69) is 41.9 Å². The van der Waals surface area contributed by atoms with Crippen molar-refractivity contribution in [1.29, 1.82) is 0 Å². The summed E-state index contributed by atoms with van der Waals surface area (Å²) >= 11 is 1.68. The van der Waals surface area contributed by atoms with Gasteiger partial charge in [0.15, 0.2) is 9.84 Å². The van der Waals surface area contributed by atoms with Gasteiger partial charge in [0.25, 0.3) is 0 Å². The van der Waals surface area contributed by atoms with Crippen LogP contribution >= 0.6 is 11.3 Å². The number of nitrogens with one attached hydrogen (secondary N) is 1. The maximum absolute atomic E-state index is 11.7. The van der Waals surface area contributed by atoms with Gasteiger partial charge in [0.05, 0.1) is 27.6 Å². The number of hydrogen-bond donors (Lipinski definition) is 1. The highest BCUT2D eigenvalue weighted by Gasteiger charge is 2.27. The van der Waals surface area contributed by atoms with Gasteiger partial charge in [0, 0.05) is 18.0 Å². The molecular formula is C19H20N2O2S2. The number of benzene rings is 1. The molecule has 25 heavy (non-hydrogen) atoms. The smallest absolute Gasteiger partial charge is 0.151 e. The van der Waals surface area contributed by atoms with Crippen molar-refractivity contribution in [2.75, 3.05) is 11.5 Å². The van der Waals surface area contributed by atoms with Crippen molar-refractivity contribution in [2.24, 2.45) is 0 Å². The topological polar surface area (TPSA) is 59.1 Å². The Labute approximate surface area is 151 Å². The van der Waals surface area contributed by atoms with E-state index in [9.17, 15) is 8.42 Å². The van der Waals surface area contributed by atoms with Crippen molar-refractivity contribution in [2.45, 2.75) is 25.9 Å². The van der Waals surface area contributed by atoms with E-state index in [1.807, 2.05) is 12.1 Å². The van der Waals surface area contributed by atoms with E-state index >= 15 is 0 Å². The van der Waals surface area contributed by atoms with Gasteiger partial charge in [-0.05, 0) is 42.0 Å². The zero-order valence-corrected chi connectivity index (χ0v) is 15.7. The molecule has 1 aliphatic rings. The number of para-hydroxylation sites is 1. The fraction of sp³-hybridized carbons (Fsp3) is 0.316. The van der Waals surface area contributed by atoms with Gasteiger partial charge in [-0.1, -0.05) is 24.3 Å². The average Bonchev–Trinajstić information content (AvgIpc) is 3.22. The van der Waals surface area contributed by atoms with Crippen molar-refractivity contribution in [3.8, 4) is 10.6 Å². The lowest BCUT2D eigenvalue weighted by Gasteiger charge is -2.14. The number of sulfone groups is 1. The standard InChI is InChI=1S/C19H20N2O2S2/c1-13-4-2-5-14-10-15(11-20-16-7-9-25(22,23)12-16)19(21-18(13)14)17-6-3-8-24-17/h2-6,8,10,16,20H,7,9,11-12H2,1H3/t16-/m1/s1. The highest BCUT2D eigenvalue weighted by molar-refractivity contribution is 7.91. The van der Waals surface area contributed by atoms with E-state index < -0.39 is 9.84 Å². The summed E-state index contributed by atoms with van der Waals surface area (Å²) in [5, 5.41) is 6.60. The summed E-state index contributed by atoms with van der Waals surface area (Å²) in [5.74, 6) is 0.527. The summed E-state index contributed by atoms with van der Waals surface area (Å²) in [6.45, 7) is 2.71. The lowest BCUT2D eigenvalue weighted by atomic mass is 10.0. The minimum atomic E-state index is -2.87. The molecule has 0 amide bonds. The molecule has 3 aromatic rings. The Morgan fingerprint density at radius 2 is 2.16 bits per heavy atom. The summed E-state index contributed by atoms with van der Waals surface area (Å²) in [5.41, 5.74) is 4.30. The van der Waals surface area contributed by atoms with Gasteiger partial charge in [-0.2, -0.15) is 0 Å². The molecule has 0 aliphatic carbocycles. The molecular weight excluding hydrogens is 352 g/mol. The summed E-state index contributed by atoms with van der Waals surface area (Å²) in [6.07, 6.45) is 0.691. The van der Waals surface area contributed by atoms with Gasteiger partial charge in [-0.15, -0.1) is 11.3 Å². The summed E-state index contributed by atoms with van der Waals surface area (Å²) in [4.78, 5) is 6.08. The number of thiophene rings is 1. The van der Waals surface area contributed by atoms with Crippen LogP contribution in [0.5, 0.6) is 0 Å². The maximum Gasteiger partial charge on any atom is 0.151 e. The number of hydrogen-bond acceptors (Lipinski definition) is 5. The third-order valence-corrected chi connectivity index (χ3v) is 7.34. The maximum atomic E-state index is 11.7. The Hall–Kier alpha value is -1.76. The number of pyridine rings is 1. The molecule has 3 heterocycles. The molecule has 1 atom stereocenters. The van der Waals surface area contributed by atoms with Crippen LogP contribution in [0.2, 0.25) is 0 Å². The number of rotatable bonds is 4. The third kappa shape index (κ3) is 3.47. The lowest BCUT2D eigenvalue weighted by molar-refractivity contribution is 0.554. The fourth-order valence-corrected chi connectivity index (χ4v) is 5.82. The van der Waals surface area contributed by atoms with Crippen LogP contribution in [-0.2, 0) is 16.4 Å². The molecule has 4 nitrogen and oxygen atoms in total. The van der Waals surface area contributed by atoms with Crippen molar-refractivity contribution in [3.63, 3.8) is 0 Å². The summed E-state index contributed by atoms with van der Waals surface area (Å²) < 4.78 is 23.3. The number of aromatic nitrogens is 1. The van der Waals surface area contributed by atoms with Crippen molar-refractivity contribution in [3.05, 3.63) is 52.9 Å². The molecule has 1 aromatic carbocycles. The van der Waals surface area contributed by atoms with Crippen LogP contribution in [0.1, 0.15) is 17.5 Å². The van der Waals surface area contributed by atoms with Gasteiger partial charge in [0.2, 0.25) is 0 Å². The zero-order valence-electron chi connectivity index (χ0n) is 14.0. The molecule has 2 aromatic heterocycles. The predicted molar refractivity (Wildman–Crippen MR) is 104 cm³/mol. The van der Waals surface area contributed by atoms with Crippen LogP contribution in [-0.4, -0.2) is 30.9 Å². The molecule has 4 rings (SSSR count). The van der Waals surface area contributed by atoms with E-state index in [0.29, 0.717) is 13.0 Å².